The van der Waals surface area contributed by atoms with Gasteiger partial charge in [-0.25, -0.2) is 18.0 Å². The second-order valence-electron chi connectivity index (χ2n) is 16.9. The fourth-order valence-corrected chi connectivity index (χ4v) is 10.4. The van der Waals surface area contributed by atoms with Crippen LogP contribution in [0.1, 0.15) is 75.2 Å². The third-order valence-electron chi connectivity index (χ3n) is 12.0. The molecule has 0 spiro atoms. The van der Waals surface area contributed by atoms with Gasteiger partial charge in [0, 0.05) is 42.6 Å². The molecule has 8 rings (SSSR count). The van der Waals surface area contributed by atoms with E-state index in [-0.39, 0.29) is 38.0 Å². The van der Waals surface area contributed by atoms with Gasteiger partial charge in [-0.2, -0.15) is 0 Å². The zero-order valence-electron chi connectivity index (χ0n) is 37.4. The van der Waals surface area contributed by atoms with Crippen molar-refractivity contribution in [2.45, 2.75) is 62.6 Å². The maximum atomic E-state index is 13.5. The number of anilines is 3. The van der Waals surface area contributed by atoms with Crippen LogP contribution in [0.2, 0.25) is 10.0 Å². The molecule has 0 aliphatic carbocycles. The average molecular weight is 961 g/mol. The molecule has 13 nitrogen and oxygen atoms in total. The van der Waals surface area contributed by atoms with E-state index in [2.05, 4.69) is 43.8 Å². The van der Waals surface area contributed by atoms with Crippen LogP contribution in [0, 0.1) is 0 Å². The lowest BCUT2D eigenvalue weighted by molar-refractivity contribution is 0.102. The smallest absolute Gasteiger partial charge is 0.319 e. The van der Waals surface area contributed by atoms with Crippen LogP contribution in [-0.2, 0) is 41.6 Å². The molecule has 0 aromatic heterocycles. The number of nitrogens with zero attached hydrogens (tertiary/aromatic N) is 1. The Morgan fingerprint density at radius 2 is 1.43 bits per heavy atom. The van der Waals surface area contributed by atoms with Gasteiger partial charge in [0.05, 0.1) is 45.6 Å². The summed E-state index contributed by atoms with van der Waals surface area (Å²) in [5, 5.41) is 18.3. The van der Waals surface area contributed by atoms with Gasteiger partial charge in [-0.05, 0) is 145 Å². The Morgan fingerprint density at radius 3 is 2.21 bits per heavy atom. The Bertz CT molecular complexity index is 2990. The molecule has 0 fully saturated rings. The summed E-state index contributed by atoms with van der Waals surface area (Å²) >= 11 is 13.5. The van der Waals surface area contributed by atoms with Crippen molar-refractivity contribution in [1.29, 1.82) is 0 Å². The van der Waals surface area contributed by atoms with E-state index in [4.69, 9.17) is 27.9 Å². The summed E-state index contributed by atoms with van der Waals surface area (Å²) in [4.78, 5) is 42.0. The largest absolute Gasteiger partial charge is 0.495 e. The van der Waals surface area contributed by atoms with Crippen molar-refractivity contribution in [3.05, 3.63) is 170 Å². The second-order valence-corrected chi connectivity index (χ2v) is 19.7. The molecule has 1 unspecified atom stereocenters. The number of carbonyl (C=O) groups is 3. The van der Waals surface area contributed by atoms with E-state index in [9.17, 15) is 22.8 Å². The lowest BCUT2D eigenvalue weighted by Gasteiger charge is -2.22. The third-order valence-corrected chi connectivity index (χ3v) is 14.5. The summed E-state index contributed by atoms with van der Waals surface area (Å²) in [7, 11) is -0.274. The van der Waals surface area contributed by atoms with Gasteiger partial charge in [-0.1, -0.05) is 71.7 Å². The minimum atomic E-state index is -3.74. The van der Waals surface area contributed by atoms with Crippen LogP contribution in [0.25, 0.3) is 11.1 Å². The molecule has 0 bridgehead atoms. The first-order valence-electron chi connectivity index (χ1n) is 21.8. The number of methoxy groups -OCH3 is 1. The van der Waals surface area contributed by atoms with Gasteiger partial charge in [-0.15, -0.1) is 0 Å². The van der Waals surface area contributed by atoms with E-state index < -0.39 is 34.0 Å². The highest BCUT2D eigenvalue weighted by Gasteiger charge is 2.23. The number of ether oxygens (including phenoxy) is 1. The van der Waals surface area contributed by atoms with E-state index in [1.165, 1.54) is 42.0 Å². The van der Waals surface area contributed by atoms with Gasteiger partial charge in [-0.3, -0.25) is 9.69 Å². The lowest BCUT2D eigenvalue weighted by atomic mass is 9.93. The van der Waals surface area contributed by atoms with E-state index in [1.807, 2.05) is 73.7 Å². The molecular weight excluding hydrogens is 910 g/mol. The predicted molar refractivity (Wildman–Crippen MR) is 265 cm³/mol. The summed E-state index contributed by atoms with van der Waals surface area (Å²) < 4.78 is 32.5. The van der Waals surface area contributed by atoms with Crippen LogP contribution < -0.4 is 36.6 Å². The highest BCUT2D eigenvalue weighted by atomic mass is 35.5. The maximum absolute atomic E-state index is 13.5. The van der Waals surface area contributed by atoms with Gasteiger partial charge in [0.15, 0.2) is 9.84 Å². The number of nitrogens with one attached hydrogen (secondary N) is 6. The Morgan fingerprint density at radius 1 is 0.731 bits per heavy atom. The Kier molecular flexibility index (Phi) is 14.2. The van der Waals surface area contributed by atoms with Gasteiger partial charge >= 0.3 is 12.1 Å². The quantitative estimate of drug-likeness (QED) is 0.0665. The van der Waals surface area contributed by atoms with E-state index in [0.29, 0.717) is 27.9 Å². The number of halogens is 2. The van der Waals surface area contributed by atoms with E-state index in [1.54, 1.807) is 37.3 Å². The van der Waals surface area contributed by atoms with Crippen molar-refractivity contribution in [3.63, 3.8) is 0 Å². The Hall–Kier alpha value is -6.42. The van der Waals surface area contributed by atoms with Crippen LogP contribution in [0.15, 0.2) is 120 Å². The number of hydrogen-bond donors (Lipinski definition) is 6. The number of hydrogen-bond acceptors (Lipinski definition) is 8. The molecule has 2 aliphatic rings. The number of carbonyl (C=O) groups excluding carboxylic acids is 3. The fraction of sp³-hybridized carbons (Fsp3) is 0.235. The summed E-state index contributed by atoms with van der Waals surface area (Å²) in [6.45, 7) is 6.97. The summed E-state index contributed by atoms with van der Waals surface area (Å²) in [5.41, 5.74) is 10.3. The summed E-state index contributed by atoms with van der Waals surface area (Å²) in [6, 6.07) is 31.7. The van der Waals surface area contributed by atoms with Crippen molar-refractivity contribution in [2.24, 2.45) is 0 Å². The molecule has 2 heterocycles. The maximum Gasteiger partial charge on any atom is 0.319 e. The van der Waals surface area contributed by atoms with E-state index in [0.717, 1.165) is 55.0 Å². The number of rotatable bonds is 13. The highest BCUT2D eigenvalue weighted by Crippen LogP contribution is 2.38. The first-order chi connectivity index (χ1) is 32.1. The van der Waals surface area contributed by atoms with Crippen LogP contribution in [0.3, 0.4) is 0 Å². The molecule has 2 atom stereocenters. The van der Waals surface area contributed by atoms with Crippen molar-refractivity contribution in [3.8, 4) is 16.9 Å². The Balaban J connectivity index is 0.893. The molecule has 6 aromatic rings. The zero-order chi connectivity index (χ0) is 47.4. The van der Waals surface area contributed by atoms with Crippen LogP contribution >= 0.6 is 23.2 Å². The summed E-state index contributed by atoms with van der Waals surface area (Å²) in [5.74, 6) is -0.248. The van der Waals surface area contributed by atoms with Crippen molar-refractivity contribution in [2.75, 3.05) is 36.7 Å². The molecule has 6 aromatic carbocycles. The SMILES string of the molecule is COc1cc(S(=O)(=O)Cc2ccc3c(c2)CCNC3)ccc1NC(=O)N[C@H](C)c1cc(-c2ccccc2C(C)NC(=O)Nc2ccc(C(=O)Nc3ccc4c(c3)CN(C)C4)cc2)cc(Cl)c1Cl. The molecule has 0 saturated carbocycles. The number of urea groups is 2. The van der Waals surface area contributed by atoms with Gasteiger partial charge in [0.1, 0.15) is 5.75 Å². The monoisotopic (exact) mass is 959 g/mol. The van der Waals surface area contributed by atoms with Gasteiger partial charge < -0.3 is 36.6 Å². The van der Waals surface area contributed by atoms with Gasteiger partial charge in [0.25, 0.3) is 5.91 Å². The first-order valence-corrected chi connectivity index (χ1v) is 24.2. The normalized spacial score (nSPS) is 14.2. The molecule has 67 heavy (non-hydrogen) atoms. The molecular formula is C51H51Cl2N7O6S. The summed E-state index contributed by atoms with van der Waals surface area (Å²) in [6.07, 6.45) is 0.842. The van der Waals surface area contributed by atoms with Crippen molar-refractivity contribution < 1.29 is 27.5 Å². The number of benzene rings is 6. The first kappa shape index (κ1) is 47.1. The van der Waals surface area contributed by atoms with Gasteiger partial charge in [0.2, 0.25) is 0 Å². The number of sulfone groups is 1. The minimum Gasteiger partial charge on any atom is -0.495 e. The minimum absolute atomic E-state index is 0.0686. The Labute approximate surface area is 400 Å². The molecule has 0 radical (unpaired) electrons. The molecule has 2 aliphatic heterocycles. The van der Waals surface area contributed by atoms with Crippen LogP contribution in [0.4, 0.5) is 26.7 Å². The lowest BCUT2D eigenvalue weighted by Crippen LogP contribution is -2.31. The zero-order valence-corrected chi connectivity index (χ0v) is 39.8. The van der Waals surface area contributed by atoms with Crippen molar-refractivity contribution in [1.82, 2.24) is 20.9 Å². The molecule has 16 heteroatoms. The predicted octanol–water partition coefficient (Wildman–Crippen LogP) is 10.3. The average Bonchev–Trinajstić information content (AvgIpc) is 3.69. The molecule has 346 valence electrons. The number of fused-ring (bicyclic) bond motifs is 2. The topological polar surface area (TPSA) is 170 Å². The van der Waals surface area contributed by atoms with Crippen LogP contribution in [-0.4, -0.2) is 52.0 Å². The molecule has 5 amide bonds. The highest BCUT2D eigenvalue weighted by molar-refractivity contribution is 7.90. The number of amides is 5. The van der Waals surface area contributed by atoms with E-state index >= 15 is 0 Å². The second kappa shape index (κ2) is 20.2. The molecule has 6 N–H and O–H groups in total. The van der Waals surface area contributed by atoms with Crippen LogP contribution in [0.5, 0.6) is 5.75 Å². The third kappa shape index (κ3) is 11.1. The van der Waals surface area contributed by atoms with Crippen molar-refractivity contribution >= 4 is 68.1 Å². The standard InChI is InChI=1S/C51H51Cl2N7O6S/c1-30(55-50(62)58-39-14-11-33(12-15-39)49(61)57-40-16-13-36-27-60(3)28-38(36)22-40)42-7-5-6-8-43(42)37-23-44(48(53)45(52)24-37)31(2)56-51(63)59-46-18-17-41(25-47(46)66-4)67(64,65)29-32-9-10-35-26-54-20-19-34(35)21-32/h5-18,21-25,30-31,54H,19-20,26-29H2,1-4H3,(H,57,61)(H2,55,58,62)(H2,56,59,63)/t30?,31-/m1/s1. The molecule has 0 saturated heterocycles. The fourth-order valence-electron chi connectivity index (χ4n) is 8.53.